The van der Waals surface area contributed by atoms with Crippen molar-refractivity contribution in [1.29, 1.82) is 0 Å². The molecule has 3 nitrogen and oxygen atoms in total. The number of benzene rings is 2. The monoisotopic (exact) mass is 402 g/mol. The Kier molecular flexibility index (Phi) is 5.63. The molecule has 0 aromatic heterocycles. The van der Waals surface area contributed by atoms with Gasteiger partial charge in [-0.15, -0.1) is 0 Å². The summed E-state index contributed by atoms with van der Waals surface area (Å²) in [5, 5.41) is 0. The van der Waals surface area contributed by atoms with E-state index in [1.54, 1.807) is 24.3 Å². The summed E-state index contributed by atoms with van der Waals surface area (Å²) in [6, 6.07) is 12.5. The average molecular weight is 402 g/mol. The maximum Gasteiger partial charge on any atom is 0.416 e. The van der Waals surface area contributed by atoms with Crippen molar-refractivity contribution in [2.75, 3.05) is 26.2 Å². The first-order valence-electron chi connectivity index (χ1n) is 10.2. The molecule has 2 fully saturated rings. The van der Waals surface area contributed by atoms with Crippen LogP contribution in [0.15, 0.2) is 48.5 Å². The van der Waals surface area contributed by atoms with Gasteiger partial charge in [0.1, 0.15) is 0 Å². The molecule has 0 saturated carbocycles. The number of carbonyl (C=O) groups is 1. The number of amides is 1. The second-order valence-corrected chi connectivity index (χ2v) is 7.95. The summed E-state index contributed by atoms with van der Waals surface area (Å²) in [6.45, 7) is 3.99. The number of hydrogen-bond acceptors (Lipinski definition) is 2. The molecule has 2 aromatic carbocycles. The lowest BCUT2D eigenvalue weighted by Crippen LogP contribution is -2.42. The molecule has 2 aromatic rings. The predicted octanol–water partition coefficient (Wildman–Crippen LogP) is 5.07. The van der Waals surface area contributed by atoms with E-state index in [-0.39, 0.29) is 11.9 Å². The van der Waals surface area contributed by atoms with Crippen LogP contribution in [0.3, 0.4) is 0 Å². The normalized spacial score (nSPS) is 20.4. The molecule has 2 aliphatic rings. The van der Waals surface area contributed by atoms with Gasteiger partial charge in [0.15, 0.2) is 0 Å². The highest BCUT2D eigenvalue weighted by Crippen LogP contribution is 2.31. The van der Waals surface area contributed by atoms with Crippen LogP contribution in [0.25, 0.3) is 11.1 Å². The molecule has 4 rings (SSSR count). The number of hydrogen-bond donors (Lipinski definition) is 0. The van der Waals surface area contributed by atoms with Crippen LogP contribution in [0.5, 0.6) is 0 Å². The summed E-state index contributed by atoms with van der Waals surface area (Å²) >= 11 is 0. The fraction of sp³-hybridized carbons (Fsp3) is 0.435. The van der Waals surface area contributed by atoms with Gasteiger partial charge in [0.05, 0.1) is 5.56 Å². The van der Waals surface area contributed by atoms with E-state index < -0.39 is 11.7 Å². The van der Waals surface area contributed by atoms with Crippen molar-refractivity contribution in [3.05, 3.63) is 59.7 Å². The van der Waals surface area contributed by atoms with Crippen molar-refractivity contribution in [3.8, 4) is 11.1 Å². The molecule has 154 valence electrons. The molecule has 0 bridgehead atoms. The van der Waals surface area contributed by atoms with Gasteiger partial charge in [-0.05, 0) is 74.2 Å². The number of alkyl halides is 3. The molecule has 0 radical (unpaired) electrons. The number of carbonyl (C=O) groups excluding carboxylic acids is 1. The molecule has 0 unspecified atom stereocenters. The van der Waals surface area contributed by atoms with E-state index in [0.717, 1.165) is 56.7 Å². The SMILES string of the molecule is O=C(c1ccc(-c2ccc(C(F)(F)F)cc2)cc1)N1CCC[C@H]1CN1CCCC1. The minimum absolute atomic E-state index is 0.0469. The van der Waals surface area contributed by atoms with E-state index in [4.69, 9.17) is 0 Å². The van der Waals surface area contributed by atoms with Gasteiger partial charge in [0.2, 0.25) is 0 Å². The summed E-state index contributed by atoms with van der Waals surface area (Å²) in [7, 11) is 0. The van der Waals surface area contributed by atoms with Gasteiger partial charge >= 0.3 is 6.18 Å². The van der Waals surface area contributed by atoms with E-state index in [2.05, 4.69) is 4.90 Å². The summed E-state index contributed by atoms with van der Waals surface area (Å²) in [6.07, 6.45) is 0.230. The average Bonchev–Trinajstić information content (AvgIpc) is 3.39. The summed E-state index contributed by atoms with van der Waals surface area (Å²) < 4.78 is 38.2. The minimum Gasteiger partial charge on any atom is -0.334 e. The number of likely N-dealkylation sites (tertiary alicyclic amines) is 2. The molecule has 6 heteroatoms. The number of nitrogens with zero attached hydrogens (tertiary/aromatic N) is 2. The zero-order valence-corrected chi connectivity index (χ0v) is 16.3. The third-order valence-corrected chi connectivity index (χ3v) is 5.98. The Morgan fingerprint density at radius 1 is 0.862 bits per heavy atom. The van der Waals surface area contributed by atoms with Gasteiger partial charge in [-0.25, -0.2) is 0 Å². The van der Waals surface area contributed by atoms with Crippen molar-refractivity contribution in [3.63, 3.8) is 0 Å². The van der Waals surface area contributed by atoms with Crippen LogP contribution in [0.4, 0.5) is 13.2 Å². The van der Waals surface area contributed by atoms with Crippen LogP contribution < -0.4 is 0 Å². The summed E-state index contributed by atoms with van der Waals surface area (Å²) in [5.41, 5.74) is 1.47. The minimum atomic E-state index is -4.34. The van der Waals surface area contributed by atoms with Gasteiger partial charge in [-0.2, -0.15) is 13.2 Å². The Morgan fingerprint density at radius 3 is 2.03 bits per heavy atom. The van der Waals surface area contributed by atoms with Crippen LogP contribution in [-0.4, -0.2) is 47.9 Å². The van der Waals surface area contributed by atoms with Crippen molar-refractivity contribution >= 4 is 5.91 Å². The van der Waals surface area contributed by atoms with Gasteiger partial charge in [0, 0.05) is 24.7 Å². The molecular formula is C23H25F3N2O. The fourth-order valence-electron chi connectivity index (χ4n) is 4.38. The smallest absolute Gasteiger partial charge is 0.334 e. The van der Waals surface area contributed by atoms with E-state index in [1.807, 2.05) is 4.90 Å². The molecule has 2 saturated heterocycles. The van der Waals surface area contributed by atoms with E-state index >= 15 is 0 Å². The molecule has 2 aliphatic heterocycles. The van der Waals surface area contributed by atoms with E-state index in [9.17, 15) is 18.0 Å². The maximum absolute atomic E-state index is 13.0. The molecule has 0 spiro atoms. The molecule has 0 N–H and O–H groups in total. The van der Waals surface area contributed by atoms with Gasteiger partial charge in [-0.3, -0.25) is 4.79 Å². The lowest BCUT2D eigenvalue weighted by Gasteiger charge is -2.28. The summed E-state index contributed by atoms with van der Waals surface area (Å²) in [5.74, 6) is 0.0469. The molecule has 1 atom stereocenters. The first kappa shape index (κ1) is 20.0. The van der Waals surface area contributed by atoms with Crippen molar-refractivity contribution in [2.45, 2.75) is 37.9 Å². The molecule has 1 amide bonds. The van der Waals surface area contributed by atoms with Crippen molar-refractivity contribution in [1.82, 2.24) is 9.80 Å². The second-order valence-electron chi connectivity index (χ2n) is 7.95. The van der Waals surface area contributed by atoms with Crippen LogP contribution in [0.2, 0.25) is 0 Å². The second kappa shape index (κ2) is 8.19. The quantitative estimate of drug-likeness (QED) is 0.713. The van der Waals surface area contributed by atoms with Crippen LogP contribution >= 0.6 is 0 Å². The first-order chi connectivity index (χ1) is 13.9. The Morgan fingerprint density at radius 2 is 1.45 bits per heavy atom. The molecular weight excluding hydrogens is 377 g/mol. The maximum atomic E-state index is 13.0. The fourth-order valence-corrected chi connectivity index (χ4v) is 4.38. The van der Waals surface area contributed by atoms with Crippen molar-refractivity contribution < 1.29 is 18.0 Å². The zero-order valence-electron chi connectivity index (χ0n) is 16.3. The number of rotatable bonds is 4. The van der Waals surface area contributed by atoms with Gasteiger partial charge in [-0.1, -0.05) is 24.3 Å². The zero-order chi connectivity index (χ0) is 20.4. The van der Waals surface area contributed by atoms with Gasteiger partial charge in [0.25, 0.3) is 5.91 Å². The number of halogens is 3. The van der Waals surface area contributed by atoms with E-state index in [1.165, 1.54) is 25.0 Å². The highest BCUT2D eigenvalue weighted by atomic mass is 19.4. The van der Waals surface area contributed by atoms with Crippen LogP contribution in [0.1, 0.15) is 41.6 Å². The van der Waals surface area contributed by atoms with Crippen LogP contribution in [0, 0.1) is 0 Å². The lowest BCUT2D eigenvalue weighted by molar-refractivity contribution is -0.137. The molecule has 0 aliphatic carbocycles. The summed E-state index contributed by atoms with van der Waals surface area (Å²) in [4.78, 5) is 17.5. The van der Waals surface area contributed by atoms with Gasteiger partial charge < -0.3 is 9.80 Å². The largest absolute Gasteiger partial charge is 0.416 e. The molecule has 2 heterocycles. The highest BCUT2D eigenvalue weighted by molar-refractivity contribution is 5.95. The topological polar surface area (TPSA) is 23.6 Å². The van der Waals surface area contributed by atoms with Crippen molar-refractivity contribution in [2.24, 2.45) is 0 Å². The lowest BCUT2D eigenvalue weighted by atomic mass is 10.0. The molecule has 29 heavy (non-hydrogen) atoms. The van der Waals surface area contributed by atoms with Crippen LogP contribution in [-0.2, 0) is 6.18 Å². The Balaban J connectivity index is 1.45. The standard InChI is InChI=1S/C23H25F3N2O/c24-23(25,26)20-11-9-18(10-12-20)17-5-7-19(8-6-17)22(29)28-15-3-4-21(28)16-27-13-1-2-14-27/h5-12,21H,1-4,13-16H2/t21-/m0/s1. The Bertz CT molecular complexity index is 840. The van der Waals surface area contributed by atoms with E-state index in [0.29, 0.717) is 11.1 Å². The first-order valence-corrected chi connectivity index (χ1v) is 10.2. The Hall–Kier alpha value is -2.34. The third kappa shape index (κ3) is 4.47. The highest BCUT2D eigenvalue weighted by Gasteiger charge is 2.32. The Labute approximate surface area is 169 Å². The predicted molar refractivity (Wildman–Crippen MR) is 107 cm³/mol. The third-order valence-electron chi connectivity index (χ3n) is 5.98.